The number of nitrogens with zero attached hydrogens (tertiary/aromatic N) is 2. The summed E-state index contributed by atoms with van der Waals surface area (Å²) in [5.74, 6) is 0.455. The minimum atomic E-state index is -2.89. The highest BCUT2D eigenvalue weighted by atomic mass is 35.5. The lowest BCUT2D eigenvalue weighted by Crippen LogP contribution is -2.42. The maximum atomic E-state index is 11.6. The van der Waals surface area contributed by atoms with Crippen LogP contribution in [0.1, 0.15) is 19.0 Å². The third kappa shape index (κ3) is 2.82. The number of aromatic nitrogens is 2. The Hall–Kier alpha value is -1.11. The van der Waals surface area contributed by atoms with E-state index in [1.54, 1.807) is 12.3 Å². The van der Waals surface area contributed by atoms with Gasteiger partial charge in [-0.05, 0) is 25.5 Å². The summed E-state index contributed by atoms with van der Waals surface area (Å²) in [5.41, 5.74) is 1.35. The van der Waals surface area contributed by atoms with E-state index in [0.717, 1.165) is 11.3 Å². The van der Waals surface area contributed by atoms with Gasteiger partial charge in [-0.3, -0.25) is 0 Å². The lowest BCUT2D eigenvalue weighted by Gasteiger charge is -2.23. The fraction of sp³-hybridized carbons (Fsp3) is 0.462. The van der Waals surface area contributed by atoms with Crippen molar-refractivity contribution in [2.24, 2.45) is 0 Å². The molecule has 1 saturated heterocycles. The number of fused-ring (bicyclic) bond motifs is 1. The smallest absolute Gasteiger partial charge is 0.152 e. The molecule has 1 aliphatic heterocycles. The van der Waals surface area contributed by atoms with Crippen LogP contribution in [0.2, 0.25) is 5.02 Å². The van der Waals surface area contributed by atoms with Crippen LogP contribution >= 0.6 is 11.6 Å². The number of hydrogen-bond donors (Lipinski definition) is 1. The highest BCUT2D eigenvalue weighted by Gasteiger charge is 2.37. The largest absolute Gasteiger partial charge is 0.305 e. The summed E-state index contributed by atoms with van der Waals surface area (Å²) in [4.78, 5) is 4.47. The van der Waals surface area contributed by atoms with Gasteiger partial charge in [-0.2, -0.15) is 0 Å². The number of hydrogen-bond acceptors (Lipinski definition) is 4. The maximum Gasteiger partial charge on any atom is 0.152 e. The van der Waals surface area contributed by atoms with Crippen molar-refractivity contribution < 1.29 is 8.42 Å². The Morgan fingerprint density at radius 3 is 2.95 bits per heavy atom. The topological polar surface area (TPSA) is 63.5 Å². The molecule has 1 aliphatic rings. The zero-order chi connectivity index (χ0) is 14.4. The molecule has 108 valence electrons. The predicted octanol–water partition coefficient (Wildman–Crippen LogP) is 1.65. The Labute approximate surface area is 122 Å². The molecule has 0 saturated carbocycles. The van der Waals surface area contributed by atoms with Crippen LogP contribution in [-0.4, -0.2) is 34.8 Å². The number of pyridine rings is 1. The van der Waals surface area contributed by atoms with Crippen LogP contribution in [0, 0.1) is 0 Å². The predicted molar refractivity (Wildman–Crippen MR) is 78.7 cm³/mol. The second-order valence-electron chi connectivity index (χ2n) is 5.60. The summed E-state index contributed by atoms with van der Waals surface area (Å²) >= 11 is 5.93. The monoisotopic (exact) mass is 313 g/mol. The van der Waals surface area contributed by atoms with Crippen LogP contribution in [-0.2, 0) is 16.4 Å². The van der Waals surface area contributed by atoms with Crippen molar-refractivity contribution in [3.05, 3.63) is 35.2 Å². The van der Waals surface area contributed by atoms with Gasteiger partial charge < -0.3 is 9.72 Å². The highest BCUT2D eigenvalue weighted by molar-refractivity contribution is 7.91. The first-order valence-corrected chi connectivity index (χ1v) is 8.64. The van der Waals surface area contributed by atoms with Crippen molar-refractivity contribution in [1.82, 2.24) is 14.7 Å². The molecule has 7 heteroatoms. The van der Waals surface area contributed by atoms with Crippen LogP contribution in [0.25, 0.3) is 5.65 Å². The third-order valence-electron chi connectivity index (χ3n) is 3.66. The van der Waals surface area contributed by atoms with Gasteiger partial charge in [0.25, 0.3) is 0 Å². The molecule has 0 aromatic carbocycles. The Morgan fingerprint density at radius 1 is 1.45 bits per heavy atom. The summed E-state index contributed by atoms with van der Waals surface area (Å²) < 4.78 is 25.0. The maximum absolute atomic E-state index is 11.6. The second-order valence-corrected chi connectivity index (χ2v) is 8.22. The van der Waals surface area contributed by atoms with E-state index in [2.05, 4.69) is 10.3 Å². The van der Waals surface area contributed by atoms with Gasteiger partial charge in [-0.1, -0.05) is 11.6 Å². The molecule has 20 heavy (non-hydrogen) atoms. The van der Waals surface area contributed by atoms with Gasteiger partial charge in [0.05, 0.1) is 22.2 Å². The number of nitrogens with one attached hydrogen (secondary N) is 1. The molecule has 2 aromatic heterocycles. The van der Waals surface area contributed by atoms with Crippen molar-refractivity contribution in [3.63, 3.8) is 0 Å². The molecule has 2 aromatic rings. The summed E-state index contributed by atoms with van der Waals surface area (Å²) in [5, 5.41) is 3.97. The van der Waals surface area contributed by atoms with E-state index in [1.165, 1.54) is 0 Å². The molecule has 0 spiro atoms. The molecule has 3 rings (SSSR count). The highest BCUT2D eigenvalue weighted by Crippen LogP contribution is 2.23. The zero-order valence-electron chi connectivity index (χ0n) is 11.1. The van der Waals surface area contributed by atoms with Gasteiger partial charge >= 0.3 is 0 Å². The fourth-order valence-electron chi connectivity index (χ4n) is 2.56. The van der Waals surface area contributed by atoms with Gasteiger partial charge in [0.1, 0.15) is 5.65 Å². The Balaban J connectivity index is 1.74. The third-order valence-corrected chi connectivity index (χ3v) is 5.79. The number of halogens is 1. The van der Waals surface area contributed by atoms with E-state index in [0.29, 0.717) is 18.0 Å². The molecule has 1 unspecified atom stereocenters. The molecular weight excluding hydrogens is 298 g/mol. The number of rotatable bonds is 3. The summed E-state index contributed by atoms with van der Waals surface area (Å²) in [6.07, 6.45) is 4.35. The lowest BCUT2D eigenvalue weighted by atomic mass is 10.0. The average molecular weight is 314 g/mol. The Morgan fingerprint density at radius 2 is 2.25 bits per heavy atom. The van der Waals surface area contributed by atoms with E-state index >= 15 is 0 Å². The molecule has 0 bridgehead atoms. The summed E-state index contributed by atoms with van der Waals surface area (Å²) in [6, 6.07) is 3.65. The van der Waals surface area contributed by atoms with Crippen LogP contribution in [0.3, 0.4) is 0 Å². The molecule has 1 fully saturated rings. The van der Waals surface area contributed by atoms with Crippen LogP contribution in [0.15, 0.2) is 24.5 Å². The minimum absolute atomic E-state index is 0.194. The van der Waals surface area contributed by atoms with Crippen LogP contribution in [0.4, 0.5) is 0 Å². The van der Waals surface area contributed by atoms with Crippen molar-refractivity contribution in [2.75, 3.05) is 11.5 Å². The standard InChI is InChI=1S/C13H16ClN3O2S/c1-13(4-5-20(18,19)9-13)15-6-11-8-17-7-10(14)2-3-12(17)16-11/h2-3,7-8,15H,4-6,9H2,1H3. The molecule has 0 radical (unpaired) electrons. The molecule has 0 amide bonds. The molecule has 0 aliphatic carbocycles. The first-order valence-electron chi connectivity index (χ1n) is 6.44. The van der Waals surface area contributed by atoms with E-state index in [-0.39, 0.29) is 17.0 Å². The number of sulfone groups is 1. The first kappa shape index (κ1) is 13.9. The molecule has 1 N–H and O–H groups in total. The normalized spacial score (nSPS) is 25.3. The zero-order valence-corrected chi connectivity index (χ0v) is 12.7. The van der Waals surface area contributed by atoms with Gasteiger partial charge in [-0.25, -0.2) is 13.4 Å². The Bertz CT molecular complexity index is 756. The van der Waals surface area contributed by atoms with Crippen molar-refractivity contribution >= 4 is 27.1 Å². The molecule has 3 heterocycles. The molecule has 1 atom stereocenters. The van der Waals surface area contributed by atoms with Gasteiger partial charge in [0, 0.05) is 24.5 Å². The number of imidazole rings is 1. The molecular formula is C13H16ClN3O2S. The lowest BCUT2D eigenvalue weighted by molar-refractivity contribution is 0.393. The van der Waals surface area contributed by atoms with E-state index in [9.17, 15) is 8.42 Å². The first-order chi connectivity index (χ1) is 9.35. The van der Waals surface area contributed by atoms with Crippen LogP contribution in [0.5, 0.6) is 0 Å². The minimum Gasteiger partial charge on any atom is -0.305 e. The van der Waals surface area contributed by atoms with Crippen molar-refractivity contribution in [3.8, 4) is 0 Å². The van der Waals surface area contributed by atoms with E-state index < -0.39 is 9.84 Å². The van der Waals surface area contributed by atoms with Crippen LogP contribution < -0.4 is 5.32 Å². The fourth-order valence-corrected chi connectivity index (χ4v) is 4.85. The van der Waals surface area contributed by atoms with Gasteiger partial charge in [0.15, 0.2) is 9.84 Å². The second kappa shape index (κ2) is 4.72. The van der Waals surface area contributed by atoms with Crippen molar-refractivity contribution in [2.45, 2.75) is 25.4 Å². The summed E-state index contributed by atoms with van der Waals surface area (Å²) in [7, 11) is -2.89. The average Bonchev–Trinajstić information content (AvgIpc) is 2.87. The summed E-state index contributed by atoms with van der Waals surface area (Å²) in [6.45, 7) is 2.50. The van der Waals surface area contributed by atoms with Crippen molar-refractivity contribution in [1.29, 1.82) is 0 Å². The Kier molecular flexibility index (Phi) is 3.27. The van der Waals surface area contributed by atoms with E-state index in [1.807, 2.05) is 23.6 Å². The molecule has 5 nitrogen and oxygen atoms in total. The quantitative estimate of drug-likeness (QED) is 0.936. The van der Waals surface area contributed by atoms with E-state index in [4.69, 9.17) is 11.6 Å². The van der Waals surface area contributed by atoms with Gasteiger partial charge in [0.2, 0.25) is 0 Å². The SMILES string of the molecule is CC1(NCc2cn3cc(Cl)ccc3n2)CCS(=O)(=O)C1. The van der Waals surface area contributed by atoms with Gasteiger partial charge in [-0.15, -0.1) is 0 Å².